The maximum atomic E-state index is 5.26. The number of hydrogen-bond acceptors (Lipinski definition) is 1. The molecule has 0 bridgehead atoms. The molecule has 2 heterocycles. The second kappa shape index (κ2) is 1.70. The molecule has 51 valence electrons. The lowest BCUT2D eigenvalue weighted by atomic mass is 10.4. The molecule has 2 saturated heterocycles. The van der Waals surface area contributed by atoms with E-state index in [2.05, 4.69) is 6.92 Å². The van der Waals surface area contributed by atoms with Crippen LogP contribution < -0.4 is 0 Å². The quantitative estimate of drug-likeness (QED) is 0.338. The molecule has 0 saturated carbocycles. The first kappa shape index (κ1) is 5.69. The second-order valence-electron chi connectivity index (χ2n) is 3.10. The van der Waals surface area contributed by atoms with Crippen molar-refractivity contribution in [3.63, 3.8) is 0 Å². The van der Waals surface area contributed by atoms with E-state index in [0.717, 1.165) is 13.2 Å². The van der Waals surface area contributed by atoms with Gasteiger partial charge in [-0.05, 0) is 0 Å². The highest BCUT2D eigenvalue weighted by Gasteiger charge is 2.53. The number of hydrogen-bond donors (Lipinski definition) is 0. The van der Waals surface area contributed by atoms with Crippen LogP contribution in [0.2, 0.25) is 0 Å². The lowest BCUT2D eigenvalue weighted by Gasteiger charge is -2.23. The van der Waals surface area contributed by atoms with Gasteiger partial charge in [0.25, 0.3) is 0 Å². The Balaban J connectivity index is 1.97. The minimum atomic E-state index is 0.970. The molecule has 2 aliphatic rings. The summed E-state index contributed by atoms with van der Waals surface area (Å²) in [6.07, 6.45) is 0. The zero-order chi connectivity index (χ0) is 6.32. The topological polar surface area (TPSA) is 9.23 Å². The van der Waals surface area contributed by atoms with Crippen molar-refractivity contribution < 1.29 is 9.22 Å². The van der Waals surface area contributed by atoms with Crippen molar-refractivity contribution in [2.24, 2.45) is 0 Å². The van der Waals surface area contributed by atoms with Crippen molar-refractivity contribution in [1.29, 1.82) is 0 Å². The van der Waals surface area contributed by atoms with E-state index >= 15 is 0 Å². The lowest BCUT2D eigenvalue weighted by molar-refractivity contribution is -0.803. The molecular formula is C7H13NO+. The van der Waals surface area contributed by atoms with Gasteiger partial charge in [-0.1, -0.05) is 0 Å². The third kappa shape index (κ3) is 0.775. The summed E-state index contributed by atoms with van der Waals surface area (Å²) in [4.78, 5) is 0. The molecular weight excluding hydrogens is 114 g/mol. The molecule has 0 aromatic heterocycles. The molecule has 0 N–H and O–H groups in total. The van der Waals surface area contributed by atoms with Crippen LogP contribution in [0.5, 0.6) is 0 Å². The minimum Gasteiger partial charge on any atom is -0.370 e. The normalized spacial score (nSPS) is 33.0. The van der Waals surface area contributed by atoms with E-state index < -0.39 is 0 Å². The van der Waals surface area contributed by atoms with E-state index in [9.17, 15) is 0 Å². The average Bonchev–Trinajstić information content (AvgIpc) is 2.44. The molecule has 9 heavy (non-hydrogen) atoms. The fourth-order valence-corrected chi connectivity index (χ4v) is 1.63. The first-order chi connectivity index (χ1) is 4.33. The predicted molar refractivity (Wildman–Crippen MR) is 34.6 cm³/mol. The molecule has 2 nitrogen and oxygen atoms in total. The van der Waals surface area contributed by atoms with Crippen molar-refractivity contribution in [2.75, 3.05) is 32.8 Å². The molecule has 1 spiro atoms. The van der Waals surface area contributed by atoms with Crippen molar-refractivity contribution in [3.05, 3.63) is 6.04 Å². The third-order valence-corrected chi connectivity index (χ3v) is 2.57. The molecule has 0 aliphatic carbocycles. The summed E-state index contributed by atoms with van der Waals surface area (Å²) in [5.74, 6) is 0. The number of quaternary nitrogens is 1. The lowest BCUT2D eigenvalue weighted by Crippen LogP contribution is -2.38. The Labute approximate surface area is 56.0 Å². The van der Waals surface area contributed by atoms with Crippen LogP contribution in [0.15, 0.2) is 0 Å². The molecule has 0 unspecified atom stereocenters. The highest BCUT2D eigenvalue weighted by Crippen LogP contribution is 2.38. The maximum Gasteiger partial charge on any atom is 0.206 e. The Morgan fingerprint density at radius 2 is 1.89 bits per heavy atom. The predicted octanol–water partition coefficient (Wildman–Crippen LogP) is 0.399. The number of nitrogens with zero attached hydrogens (tertiary/aromatic N) is 1. The van der Waals surface area contributed by atoms with Crippen molar-refractivity contribution in [2.45, 2.75) is 6.92 Å². The van der Waals surface area contributed by atoms with E-state index in [1.54, 1.807) is 6.04 Å². The molecule has 1 radical (unpaired) electrons. The van der Waals surface area contributed by atoms with Gasteiger partial charge in [0.15, 0.2) is 0 Å². The van der Waals surface area contributed by atoms with Gasteiger partial charge in [-0.25, -0.2) is 0 Å². The summed E-state index contributed by atoms with van der Waals surface area (Å²) in [7, 11) is 0. The summed E-state index contributed by atoms with van der Waals surface area (Å²) in [5, 5.41) is 0. The largest absolute Gasteiger partial charge is 0.370 e. The Morgan fingerprint density at radius 3 is 2.22 bits per heavy atom. The van der Waals surface area contributed by atoms with E-state index in [1.807, 2.05) is 0 Å². The minimum absolute atomic E-state index is 0.970. The second-order valence-corrected chi connectivity index (χ2v) is 3.10. The fraction of sp³-hybridized carbons (Fsp3) is 0.857. The number of rotatable bonds is 0. The fourth-order valence-electron chi connectivity index (χ4n) is 1.63. The van der Waals surface area contributed by atoms with Crippen LogP contribution in [0.1, 0.15) is 6.92 Å². The van der Waals surface area contributed by atoms with Crippen LogP contribution in [0, 0.1) is 6.04 Å². The van der Waals surface area contributed by atoms with Gasteiger partial charge in [0.1, 0.15) is 19.6 Å². The number of morpholine rings is 1. The van der Waals surface area contributed by atoms with Crippen molar-refractivity contribution in [3.8, 4) is 0 Å². The highest BCUT2D eigenvalue weighted by atomic mass is 16.5. The summed E-state index contributed by atoms with van der Waals surface area (Å²) in [5.41, 5.74) is 0. The van der Waals surface area contributed by atoms with Crippen LogP contribution in [0.4, 0.5) is 0 Å². The van der Waals surface area contributed by atoms with Crippen LogP contribution >= 0.6 is 0 Å². The van der Waals surface area contributed by atoms with Gasteiger partial charge >= 0.3 is 0 Å². The zero-order valence-corrected chi connectivity index (χ0v) is 5.89. The summed E-state index contributed by atoms with van der Waals surface area (Å²) >= 11 is 0. The van der Waals surface area contributed by atoms with Crippen molar-refractivity contribution >= 4 is 0 Å². The Kier molecular flexibility index (Phi) is 1.08. The summed E-state index contributed by atoms with van der Waals surface area (Å²) < 4.78 is 6.54. The molecule has 2 rings (SSSR count). The molecule has 2 aliphatic heterocycles. The Bertz CT molecular complexity index is 118. The van der Waals surface area contributed by atoms with Gasteiger partial charge in [-0.15, -0.1) is 0 Å². The summed E-state index contributed by atoms with van der Waals surface area (Å²) in [6, 6.07) is 1.65. The van der Waals surface area contributed by atoms with Crippen LogP contribution in [-0.2, 0) is 4.74 Å². The van der Waals surface area contributed by atoms with Crippen molar-refractivity contribution in [1.82, 2.24) is 0 Å². The molecule has 0 aromatic rings. The monoisotopic (exact) mass is 127 g/mol. The first-order valence-electron chi connectivity index (χ1n) is 3.60. The van der Waals surface area contributed by atoms with E-state index in [-0.39, 0.29) is 0 Å². The maximum absolute atomic E-state index is 5.26. The van der Waals surface area contributed by atoms with Gasteiger partial charge in [-0.2, -0.15) is 0 Å². The molecule has 2 heteroatoms. The van der Waals surface area contributed by atoms with E-state index in [0.29, 0.717) is 0 Å². The SMILES string of the molecule is C[C]1C[N+]12CCOCC2. The van der Waals surface area contributed by atoms with Gasteiger partial charge in [0, 0.05) is 6.92 Å². The van der Waals surface area contributed by atoms with Crippen LogP contribution in [0.25, 0.3) is 0 Å². The molecule has 0 atom stereocenters. The Hall–Kier alpha value is -0.0800. The third-order valence-electron chi connectivity index (χ3n) is 2.57. The van der Waals surface area contributed by atoms with Gasteiger partial charge in [0.05, 0.1) is 13.2 Å². The summed E-state index contributed by atoms with van der Waals surface area (Å²) in [6.45, 7) is 7.97. The zero-order valence-electron chi connectivity index (χ0n) is 5.89. The molecule has 0 aromatic carbocycles. The Morgan fingerprint density at radius 1 is 1.33 bits per heavy atom. The standard InChI is InChI=1S/C7H13NO/c1-7-6-8(7)2-4-9-5-3-8/h2-6H2,1H3/q+1. The van der Waals surface area contributed by atoms with Gasteiger partial charge in [-0.3, -0.25) is 4.48 Å². The average molecular weight is 127 g/mol. The smallest absolute Gasteiger partial charge is 0.206 e. The molecule has 0 amide bonds. The van der Waals surface area contributed by atoms with Crippen LogP contribution in [0.3, 0.4) is 0 Å². The first-order valence-corrected chi connectivity index (χ1v) is 3.60. The van der Waals surface area contributed by atoms with Gasteiger partial charge < -0.3 is 4.74 Å². The van der Waals surface area contributed by atoms with E-state index in [1.165, 1.54) is 24.1 Å². The van der Waals surface area contributed by atoms with E-state index in [4.69, 9.17) is 4.74 Å². The number of ether oxygens (including phenoxy) is 1. The van der Waals surface area contributed by atoms with Crippen LogP contribution in [-0.4, -0.2) is 37.3 Å². The van der Waals surface area contributed by atoms with Gasteiger partial charge in [0.2, 0.25) is 6.04 Å². The highest BCUT2D eigenvalue weighted by molar-refractivity contribution is 4.89. The molecule has 2 fully saturated rings.